The second kappa shape index (κ2) is 8.15. The van der Waals surface area contributed by atoms with Crippen molar-refractivity contribution in [1.29, 1.82) is 0 Å². The summed E-state index contributed by atoms with van der Waals surface area (Å²) in [7, 11) is 2.04. The normalized spacial score (nSPS) is 18.8. The van der Waals surface area contributed by atoms with Gasteiger partial charge in [-0.15, -0.1) is 36.2 Å². The molecule has 1 atom stereocenters. The van der Waals surface area contributed by atoms with Gasteiger partial charge in [-0.05, 0) is 44.6 Å². The highest BCUT2D eigenvalue weighted by atomic mass is 35.5. The Morgan fingerprint density at radius 3 is 2.90 bits per heavy atom. The number of rotatable bonds is 4. The lowest BCUT2D eigenvalue weighted by atomic mass is 10.1. The lowest BCUT2D eigenvalue weighted by Crippen LogP contribution is -2.24. The van der Waals surface area contributed by atoms with E-state index in [4.69, 9.17) is 4.98 Å². The first-order valence-electron chi connectivity index (χ1n) is 6.56. The molecule has 1 aliphatic heterocycles. The third-order valence-corrected chi connectivity index (χ3v) is 4.58. The Balaban J connectivity index is 0.000001000. The standard InChI is InChI=1S/C14H19N3S.2ClH/c1-15-8-11-6-7-17(9-11)10-14-16-12-4-2-3-5-13(12)18-14;;/h2-5,11,15H,6-10H2,1H3;2*1H. The summed E-state index contributed by atoms with van der Waals surface area (Å²) in [5, 5.41) is 4.53. The van der Waals surface area contributed by atoms with Crippen LogP contribution in [0.4, 0.5) is 0 Å². The fourth-order valence-corrected chi connectivity index (χ4v) is 3.70. The van der Waals surface area contributed by atoms with Gasteiger partial charge in [-0.2, -0.15) is 0 Å². The summed E-state index contributed by atoms with van der Waals surface area (Å²) in [6, 6.07) is 8.40. The summed E-state index contributed by atoms with van der Waals surface area (Å²) < 4.78 is 1.30. The molecule has 0 saturated carbocycles. The van der Waals surface area contributed by atoms with Crippen molar-refractivity contribution in [2.75, 3.05) is 26.7 Å². The number of hydrogen-bond acceptors (Lipinski definition) is 4. The number of para-hydroxylation sites is 1. The second-order valence-corrected chi connectivity index (χ2v) is 6.14. The van der Waals surface area contributed by atoms with E-state index in [1.807, 2.05) is 18.4 Å². The number of nitrogens with one attached hydrogen (secondary N) is 1. The molecule has 3 rings (SSSR count). The van der Waals surface area contributed by atoms with Crippen molar-refractivity contribution in [3.63, 3.8) is 0 Å². The number of halogens is 2. The maximum absolute atomic E-state index is 4.71. The van der Waals surface area contributed by atoms with Crippen LogP contribution < -0.4 is 5.32 Å². The molecule has 0 amide bonds. The van der Waals surface area contributed by atoms with Gasteiger partial charge in [-0.3, -0.25) is 4.90 Å². The molecule has 0 aliphatic carbocycles. The van der Waals surface area contributed by atoms with Gasteiger partial charge in [0.25, 0.3) is 0 Å². The highest BCUT2D eigenvalue weighted by Crippen LogP contribution is 2.24. The zero-order chi connectivity index (χ0) is 12.4. The molecule has 112 valence electrons. The quantitative estimate of drug-likeness (QED) is 0.931. The zero-order valence-corrected chi connectivity index (χ0v) is 14.0. The van der Waals surface area contributed by atoms with Gasteiger partial charge in [0.1, 0.15) is 5.01 Å². The third kappa shape index (κ3) is 4.06. The Morgan fingerprint density at radius 1 is 1.35 bits per heavy atom. The molecule has 6 heteroatoms. The fraction of sp³-hybridized carbons (Fsp3) is 0.500. The van der Waals surface area contributed by atoms with E-state index in [1.54, 1.807) is 0 Å². The minimum Gasteiger partial charge on any atom is -0.319 e. The lowest BCUT2D eigenvalue weighted by molar-refractivity contribution is 0.315. The van der Waals surface area contributed by atoms with Crippen LogP contribution in [0.3, 0.4) is 0 Å². The summed E-state index contributed by atoms with van der Waals surface area (Å²) in [5.41, 5.74) is 1.14. The first-order valence-corrected chi connectivity index (χ1v) is 7.38. The van der Waals surface area contributed by atoms with Gasteiger partial charge >= 0.3 is 0 Å². The molecule has 1 aliphatic rings. The van der Waals surface area contributed by atoms with Gasteiger partial charge in [0.05, 0.1) is 16.8 Å². The van der Waals surface area contributed by atoms with Crippen LogP contribution in [0.2, 0.25) is 0 Å². The largest absolute Gasteiger partial charge is 0.319 e. The van der Waals surface area contributed by atoms with E-state index >= 15 is 0 Å². The second-order valence-electron chi connectivity index (χ2n) is 5.02. The van der Waals surface area contributed by atoms with E-state index < -0.39 is 0 Å². The molecule has 2 aromatic rings. The van der Waals surface area contributed by atoms with Crippen LogP contribution in [-0.4, -0.2) is 36.6 Å². The Morgan fingerprint density at radius 2 is 2.15 bits per heavy atom. The van der Waals surface area contributed by atoms with E-state index in [0.717, 1.165) is 24.5 Å². The van der Waals surface area contributed by atoms with Crippen molar-refractivity contribution in [3.05, 3.63) is 29.3 Å². The predicted molar refractivity (Wildman–Crippen MR) is 91.4 cm³/mol. The number of aromatic nitrogens is 1. The fourth-order valence-electron chi connectivity index (χ4n) is 2.69. The smallest absolute Gasteiger partial charge is 0.108 e. The van der Waals surface area contributed by atoms with Crippen LogP contribution in [0.15, 0.2) is 24.3 Å². The summed E-state index contributed by atoms with van der Waals surface area (Å²) in [4.78, 5) is 7.24. The number of hydrogen-bond donors (Lipinski definition) is 1. The SMILES string of the molecule is CNCC1CCN(Cc2nc3ccccc3s2)C1.Cl.Cl. The third-order valence-electron chi connectivity index (χ3n) is 3.56. The minimum absolute atomic E-state index is 0. The van der Waals surface area contributed by atoms with Crippen LogP contribution >= 0.6 is 36.2 Å². The highest BCUT2D eigenvalue weighted by molar-refractivity contribution is 7.18. The van der Waals surface area contributed by atoms with E-state index in [0.29, 0.717) is 0 Å². The molecule has 0 radical (unpaired) electrons. The van der Waals surface area contributed by atoms with Crippen molar-refractivity contribution in [3.8, 4) is 0 Å². The number of benzene rings is 1. The molecule has 1 fully saturated rings. The average Bonchev–Trinajstić information content (AvgIpc) is 2.96. The van der Waals surface area contributed by atoms with Crippen LogP contribution in [0, 0.1) is 5.92 Å². The van der Waals surface area contributed by atoms with Crippen molar-refractivity contribution < 1.29 is 0 Å². The van der Waals surface area contributed by atoms with E-state index in [-0.39, 0.29) is 24.8 Å². The van der Waals surface area contributed by atoms with Gasteiger partial charge in [-0.1, -0.05) is 12.1 Å². The maximum atomic E-state index is 4.71. The van der Waals surface area contributed by atoms with Crippen molar-refractivity contribution >= 4 is 46.4 Å². The molecule has 0 bridgehead atoms. The Bertz CT molecular complexity index is 499. The zero-order valence-electron chi connectivity index (χ0n) is 11.5. The van der Waals surface area contributed by atoms with Gasteiger partial charge in [0.2, 0.25) is 0 Å². The highest BCUT2D eigenvalue weighted by Gasteiger charge is 2.22. The molecule has 1 aromatic carbocycles. The van der Waals surface area contributed by atoms with Crippen LogP contribution in [-0.2, 0) is 6.54 Å². The number of thiazole rings is 1. The number of nitrogens with zero attached hydrogens (tertiary/aromatic N) is 2. The summed E-state index contributed by atoms with van der Waals surface area (Å²) >= 11 is 1.83. The Hall–Kier alpha value is -0.390. The van der Waals surface area contributed by atoms with E-state index in [2.05, 4.69) is 34.5 Å². The molecule has 1 saturated heterocycles. The van der Waals surface area contributed by atoms with Gasteiger partial charge in [0, 0.05) is 6.54 Å². The molecule has 1 aromatic heterocycles. The maximum Gasteiger partial charge on any atom is 0.108 e. The molecule has 20 heavy (non-hydrogen) atoms. The molecule has 1 N–H and O–H groups in total. The lowest BCUT2D eigenvalue weighted by Gasteiger charge is -2.13. The monoisotopic (exact) mass is 333 g/mol. The topological polar surface area (TPSA) is 28.2 Å². The van der Waals surface area contributed by atoms with Crippen molar-refractivity contribution in [1.82, 2.24) is 15.2 Å². The molecule has 0 spiro atoms. The van der Waals surface area contributed by atoms with Crippen LogP contribution in [0.25, 0.3) is 10.2 Å². The Labute approximate surface area is 136 Å². The van der Waals surface area contributed by atoms with E-state index in [1.165, 1.54) is 29.2 Å². The predicted octanol–water partition coefficient (Wildman–Crippen LogP) is 3.18. The van der Waals surface area contributed by atoms with Crippen molar-refractivity contribution in [2.24, 2.45) is 5.92 Å². The first kappa shape index (κ1) is 17.7. The van der Waals surface area contributed by atoms with Crippen LogP contribution in [0.1, 0.15) is 11.4 Å². The summed E-state index contributed by atoms with van der Waals surface area (Å²) in [6.45, 7) is 4.56. The molecule has 1 unspecified atom stereocenters. The molecule has 2 heterocycles. The minimum atomic E-state index is 0. The van der Waals surface area contributed by atoms with Gasteiger partial charge in [0.15, 0.2) is 0 Å². The summed E-state index contributed by atoms with van der Waals surface area (Å²) in [6.07, 6.45) is 1.31. The van der Waals surface area contributed by atoms with Crippen molar-refractivity contribution in [2.45, 2.75) is 13.0 Å². The molecular weight excluding hydrogens is 313 g/mol. The summed E-state index contributed by atoms with van der Waals surface area (Å²) in [5.74, 6) is 0.810. The average molecular weight is 334 g/mol. The first-order chi connectivity index (χ1) is 8.85. The number of likely N-dealkylation sites (tertiary alicyclic amines) is 1. The molecule has 3 nitrogen and oxygen atoms in total. The van der Waals surface area contributed by atoms with Gasteiger partial charge < -0.3 is 5.32 Å². The Kier molecular flexibility index (Phi) is 7.20. The van der Waals surface area contributed by atoms with E-state index in [9.17, 15) is 0 Å². The number of fused-ring (bicyclic) bond motifs is 1. The molecular formula is C14H21Cl2N3S. The van der Waals surface area contributed by atoms with Gasteiger partial charge in [-0.25, -0.2) is 4.98 Å². The van der Waals surface area contributed by atoms with Crippen LogP contribution in [0.5, 0.6) is 0 Å².